The third kappa shape index (κ3) is 9.68. The van der Waals surface area contributed by atoms with Crippen LogP contribution in [0, 0.1) is 23.2 Å². The Hall–Kier alpha value is 0. The molecule has 3 atom stereocenters. The summed E-state index contributed by atoms with van der Waals surface area (Å²) >= 11 is 0. The number of rotatable bonds is 8. The quantitative estimate of drug-likeness (QED) is 0.467. The molecule has 0 aliphatic rings. The first-order valence-electron chi connectivity index (χ1n) is 7.76. The molecule has 0 bridgehead atoms. The van der Waals surface area contributed by atoms with E-state index in [0.717, 1.165) is 17.8 Å². The van der Waals surface area contributed by atoms with E-state index in [9.17, 15) is 0 Å². The Labute approximate surface area is 111 Å². The number of hydrogen-bond acceptors (Lipinski definition) is 0. The van der Waals surface area contributed by atoms with Crippen LogP contribution < -0.4 is 0 Å². The van der Waals surface area contributed by atoms with E-state index in [2.05, 4.69) is 48.5 Å². The highest BCUT2D eigenvalue weighted by Gasteiger charge is 2.17. The Morgan fingerprint density at radius 1 is 0.824 bits per heavy atom. The molecule has 3 unspecified atom stereocenters. The molecule has 0 rings (SSSR count). The lowest BCUT2D eigenvalue weighted by Gasteiger charge is -2.25. The molecular formula is C17H36. The normalized spacial score (nSPS) is 17.8. The summed E-state index contributed by atoms with van der Waals surface area (Å²) in [5.41, 5.74) is 0.497. The van der Waals surface area contributed by atoms with Crippen molar-refractivity contribution in [1.82, 2.24) is 0 Å². The van der Waals surface area contributed by atoms with E-state index < -0.39 is 0 Å². The maximum atomic E-state index is 2.45. The molecule has 0 saturated heterocycles. The molecule has 0 heteroatoms. The third-order valence-corrected chi connectivity index (χ3v) is 4.06. The van der Waals surface area contributed by atoms with Crippen molar-refractivity contribution >= 4 is 0 Å². The second-order valence-corrected chi connectivity index (χ2v) is 7.54. The Kier molecular flexibility index (Phi) is 8.16. The van der Waals surface area contributed by atoms with Crippen LogP contribution in [0.3, 0.4) is 0 Å². The highest BCUT2D eigenvalue weighted by Crippen LogP contribution is 2.29. The average Bonchev–Trinajstić information content (AvgIpc) is 2.20. The third-order valence-electron chi connectivity index (χ3n) is 4.06. The van der Waals surface area contributed by atoms with Gasteiger partial charge in [0.05, 0.1) is 0 Å². The SMILES string of the molecule is CCCCC(C)C(C)CCC(C)CC(C)(C)C. The van der Waals surface area contributed by atoms with Gasteiger partial charge in [0.25, 0.3) is 0 Å². The van der Waals surface area contributed by atoms with Crippen molar-refractivity contribution < 1.29 is 0 Å². The molecule has 104 valence electrons. The zero-order chi connectivity index (χ0) is 13.5. The average molecular weight is 240 g/mol. The first-order valence-corrected chi connectivity index (χ1v) is 7.76. The summed E-state index contributed by atoms with van der Waals surface area (Å²) in [6.45, 7) is 16.7. The van der Waals surface area contributed by atoms with E-state index in [4.69, 9.17) is 0 Å². The predicted molar refractivity (Wildman–Crippen MR) is 80.3 cm³/mol. The standard InChI is InChI=1S/C17H36/c1-8-9-10-15(3)16(4)12-11-14(2)13-17(5,6)7/h14-16H,8-13H2,1-7H3. The molecule has 0 amide bonds. The minimum atomic E-state index is 0.497. The van der Waals surface area contributed by atoms with E-state index in [1.165, 1.54) is 38.5 Å². The van der Waals surface area contributed by atoms with Crippen molar-refractivity contribution in [3.63, 3.8) is 0 Å². The summed E-state index contributed by atoms with van der Waals surface area (Å²) in [6, 6.07) is 0. The smallest absolute Gasteiger partial charge is 0.0380 e. The Bertz CT molecular complexity index is 175. The Morgan fingerprint density at radius 3 is 1.82 bits per heavy atom. The van der Waals surface area contributed by atoms with Crippen molar-refractivity contribution in [2.75, 3.05) is 0 Å². The van der Waals surface area contributed by atoms with Crippen molar-refractivity contribution in [3.8, 4) is 0 Å². The van der Waals surface area contributed by atoms with Crippen LogP contribution in [0.1, 0.15) is 87.0 Å². The molecule has 0 aliphatic heterocycles. The zero-order valence-corrected chi connectivity index (χ0v) is 13.5. The number of hydrogen-bond donors (Lipinski definition) is 0. The van der Waals surface area contributed by atoms with Crippen LogP contribution in [-0.2, 0) is 0 Å². The number of unbranched alkanes of at least 4 members (excludes halogenated alkanes) is 1. The summed E-state index contributed by atoms with van der Waals surface area (Å²) in [7, 11) is 0. The molecule has 0 aromatic rings. The fourth-order valence-corrected chi connectivity index (χ4v) is 2.79. The molecule has 0 radical (unpaired) electrons. The van der Waals surface area contributed by atoms with Gasteiger partial charge < -0.3 is 0 Å². The van der Waals surface area contributed by atoms with Gasteiger partial charge in [-0.05, 0) is 29.6 Å². The summed E-state index contributed by atoms with van der Waals surface area (Å²) in [5.74, 6) is 2.71. The van der Waals surface area contributed by atoms with Crippen molar-refractivity contribution in [2.24, 2.45) is 23.2 Å². The molecule has 0 N–H and O–H groups in total. The predicted octanol–water partition coefficient (Wildman–Crippen LogP) is 6.30. The highest BCUT2D eigenvalue weighted by atomic mass is 14.2. The van der Waals surface area contributed by atoms with Crippen molar-refractivity contribution in [1.29, 1.82) is 0 Å². The van der Waals surface area contributed by atoms with Gasteiger partial charge in [-0.1, -0.05) is 80.6 Å². The summed E-state index contributed by atoms with van der Waals surface area (Å²) in [4.78, 5) is 0. The molecule has 0 aliphatic carbocycles. The van der Waals surface area contributed by atoms with Crippen LogP contribution in [-0.4, -0.2) is 0 Å². The van der Waals surface area contributed by atoms with Crippen LogP contribution >= 0.6 is 0 Å². The van der Waals surface area contributed by atoms with Crippen LogP contribution in [0.25, 0.3) is 0 Å². The molecular weight excluding hydrogens is 204 g/mol. The van der Waals surface area contributed by atoms with Gasteiger partial charge in [0.2, 0.25) is 0 Å². The van der Waals surface area contributed by atoms with E-state index in [-0.39, 0.29) is 0 Å². The molecule has 0 heterocycles. The summed E-state index contributed by atoms with van der Waals surface area (Å²) < 4.78 is 0. The van der Waals surface area contributed by atoms with Gasteiger partial charge in [-0.15, -0.1) is 0 Å². The monoisotopic (exact) mass is 240 g/mol. The largest absolute Gasteiger partial charge is 0.0654 e. The van der Waals surface area contributed by atoms with Gasteiger partial charge >= 0.3 is 0 Å². The Morgan fingerprint density at radius 2 is 1.35 bits per heavy atom. The fraction of sp³-hybridized carbons (Fsp3) is 1.00. The second-order valence-electron chi connectivity index (χ2n) is 7.54. The lowest BCUT2D eigenvalue weighted by molar-refractivity contribution is 0.261. The maximum absolute atomic E-state index is 2.45. The van der Waals surface area contributed by atoms with Gasteiger partial charge in [-0.3, -0.25) is 0 Å². The molecule has 0 spiro atoms. The van der Waals surface area contributed by atoms with E-state index in [0.29, 0.717) is 5.41 Å². The molecule has 0 aromatic heterocycles. The summed E-state index contributed by atoms with van der Waals surface area (Å²) in [5, 5.41) is 0. The van der Waals surface area contributed by atoms with Crippen LogP contribution in [0.2, 0.25) is 0 Å². The lowest BCUT2D eigenvalue weighted by atomic mass is 9.80. The molecule has 0 fully saturated rings. The zero-order valence-electron chi connectivity index (χ0n) is 13.5. The second kappa shape index (κ2) is 8.16. The van der Waals surface area contributed by atoms with Crippen LogP contribution in [0.4, 0.5) is 0 Å². The van der Waals surface area contributed by atoms with Gasteiger partial charge in [0.1, 0.15) is 0 Å². The van der Waals surface area contributed by atoms with Crippen LogP contribution in [0.5, 0.6) is 0 Å². The first kappa shape index (κ1) is 17.0. The molecule has 0 nitrogen and oxygen atoms in total. The van der Waals surface area contributed by atoms with Crippen molar-refractivity contribution in [2.45, 2.75) is 87.0 Å². The van der Waals surface area contributed by atoms with Crippen LogP contribution in [0.15, 0.2) is 0 Å². The summed E-state index contributed by atoms with van der Waals surface area (Å²) in [6.07, 6.45) is 8.37. The molecule has 0 saturated carbocycles. The minimum absolute atomic E-state index is 0.497. The fourth-order valence-electron chi connectivity index (χ4n) is 2.79. The Balaban J connectivity index is 3.78. The first-order chi connectivity index (χ1) is 7.76. The highest BCUT2D eigenvalue weighted by molar-refractivity contribution is 4.69. The minimum Gasteiger partial charge on any atom is -0.0654 e. The molecule has 0 aromatic carbocycles. The van der Waals surface area contributed by atoms with Gasteiger partial charge in [0.15, 0.2) is 0 Å². The van der Waals surface area contributed by atoms with Gasteiger partial charge in [0, 0.05) is 0 Å². The van der Waals surface area contributed by atoms with Gasteiger partial charge in [-0.2, -0.15) is 0 Å². The topological polar surface area (TPSA) is 0 Å². The van der Waals surface area contributed by atoms with Gasteiger partial charge in [-0.25, -0.2) is 0 Å². The molecule has 17 heavy (non-hydrogen) atoms. The maximum Gasteiger partial charge on any atom is -0.0380 e. The van der Waals surface area contributed by atoms with Crippen molar-refractivity contribution in [3.05, 3.63) is 0 Å². The van der Waals surface area contributed by atoms with E-state index >= 15 is 0 Å². The van der Waals surface area contributed by atoms with E-state index in [1.54, 1.807) is 0 Å². The lowest BCUT2D eigenvalue weighted by Crippen LogP contribution is -2.14. The van der Waals surface area contributed by atoms with E-state index in [1.807, 2.05) is 0 Å².